The standard InChI is InChI=1S/C22H34N8O/c1-15(2)21(23)28-22(31)29-11-8-18(9-12-29)16(3)7-10-25-20-6-5-19(17(4)27-20)30-14-24-13-26-30/h5-6,13-16,18H,7-12H2,1-4H3,(H,25,27)(H2,23,28,31). The summed E-state index contributed by atoms with van der Waals surface area (Å²) >= 11 is 0. The number of aromatic nitrogens is 4. The molecule has 0 spiro atoms. The van der Waals surface area contributed by atoms with Gasteiger partial charge in [0.2, 0.25) is 0 Å². The van der Waals surface area contributed by atoms with Crippen LogP contribution in [0.2, 0.25) is 0 Å². The van der Waals surface area contributed by atoms with Crippen LogP contribution in [0.25, 0.3) is 5.69 Å². The highest BCUT2D eigenvalue weighted by atomic mass is 16.2. The highest BCUT2D eigenvalue weighted by Crippen LogP contribution is 2.27. The fourth-order valence-electron chi connectivity index (χ4n) is 3.86. The van der Waals surface area contributed by atoms with Crippen molar-refractivity contribution in [2.45, 2.75) is 47.0 Å². The lowest BCUT2D eigenvalue weighted by atomic mass is 9.83. The van der Waals surface area contributed by atoms with Crippen LogP contribution in [0.4, 0.5) is 10.6 Å². The average molecular weight is 427 g/mol. The molecule has 1 aliphatic rings. The number of pyridine rings is 1. The second-order valence-electron chi connectivity index (χ2n) is 8.63. The van der Waals surface area contributed by atoms with Gasteiger partial charge < -0.3 is 16.0 Å². The van der Waals surface area contributed by atoms with Gasteiger partial charge in [0, 0.05) is 25.6 Å². The Hall–Kier alpha value is -2.97. The number of amidine groups is 1. The van der Waals surface area contributed by atoms with Crippen LogP contribution in [0, 0.1) is 24.7 Å². The molecule has 0 radical (unpaired) electrons. The zero-order chi connectivity index (χ0) is 22.4. The summed E-state index contributed by atoms with van der Waals surface area (Å²) in [5.41, 5.74) is 7.66. The molecule has 1 unspecified atom stereocenters. The Bertz CT molecular complexity index is 885. The third-order valence-electron chi connectivity index (χ3n) is 6.06. The molecule has 2 amide bonds. The monoisotopic (exact) mass is 426 g/mol. The minimum atomic E-state index is -0.199. The molecule has 0 aromatic carbocycles. The fourth-order valence-corrected chi connectivity index (χ4v) is 3.86. The summed E-state index contributed by atoms with van der Waals surface area (Å²) in [6.45, 7) is 10.5. The largest absolute Gasteiger partial charge is 0.387 e. The van der Waals surface area contributed by atoms with Crippen LogP contribution in [-0.2, 0) is 0 Å². The Morgan fingerprint density at radius 2 is 2.03 bits per heavy atom. The van der Waals surface area contributed by atoms with Crippen molar-refractivity contribution >= 4 is 17.7 Å². The first-order valence-corrected chi connectivity index (χ1v) is 11.0. The van der Waals surface area contributed by atoms with Gasteiger partial charge >= 0.3 is 6.03 Å². The third kappa shape index (κ3) is 6.02. The van der Waals surface area contributed by atoms with E-state index in [0.29, 0.717) is 17.7 Å². The van der Waals surface area contributed by atoms with Gasteiger partial charge in [0.25, 0.3) is 0 Å². The van der Waals surface area contributed by atoms with Crippen molar-refractivity contribution < 1.29 is 4.79 Å². The first-order chi connectivity index (χ1) is 14.8. The van der Waals surface area contributed by atoms with E-state index in [1.807, 2.05) is 37.8 Å². The Morgan fingerprint density at radius 1 is 1.29 bits per heavy atom. The molecule has 3 N–H and O–H groups in total. The molecule has 0 bridgehead atoms. The van der Waals surface area contributed by atoms with Crippen LogP contribution in [0.1, 0.15) is 45.7 Å². The highest BCUT2D eigenvalue weighted by molar-refractivity contribution is 5.93. The zero-order valence-corrected chi connectivity index (χ0v) is 19.0. The van der Waals surface area contributed by atoms with Crippen LogP contribution in [0.5, 0.6) is 0 Å². The van der Waals surface area contributed by atoms with Gasteiger partial charge in [-0.1, -0.05) is 20.8 Å². The molecule has 1 aliphatic heterocycles. The van der Waals surface area contributed by atoms with Gasteiger partial charge in [0.1, 0.15) is 24.3 Å². The number of nitrogens with two attached hydrogens (primary N) is 1. The van der Waals surface area contributed by atoms with Gasteiger partial charge in [-0.2, -0.15) is 10.1 Å². The van der Waals surface area contributed by atoms with Gasteiger partial charge in [-0.15, -0.1) is 0 Å². The van der Waals surface area contributed by atoms with Crippen LogP contribution in [0.15, 0.2) is 29.8 Å². The summed E-state index contributed by atoms with van der Waals surface area (Å²) in [6.07, 6.45) is 6.26. The van der Waals surface area contributed by atoms with Gasteiger partial charge in [-0.25, -0.2) is 19.4 Å². The number of urea groups is 1. The fraction of sp³-hybridized carbons (Fsp3) is 0.591. The molecule has 9 heteroatoms. The van der Waals surface area contributed by atoms with Crippen molar-refractivity contribution in [3.8, 4) is 5.69 Å². The lowest BCUT2D eigenvalue weighted by Gasteiger charge is -2.34. The number of hydrogen-bond acceptors (Lipinski definition) is 5. The number of nitrogens with zero attached hydrogens (tertiary/aromatic N) is 6. The summed E-state index contributed by atoms with van der Waals surface area (Å²) in [5.74, 6) is 2.55. The van der Waals surface area contributed by atoms with E-state index in [1.165, 1.54) is 6.33 Å². The van der Waals surface area contributed by atoms with Crippen molar-refractivity contribution in [3.05, 3.63) is 30.5 Å². The molecule has 2 aromatic rings. The van der Waals surface area contributed by atoms with E-state index in [0.717, 1.165) is 56.1 Å². The van der Waals surface area contributed by atoms with E-state index in [2.05, 4.69) is 32.3 Å². The second kappa shape index (κ2) is 10.4. The Labute approximate surface area is 184 Å². The summed E-state index contributed by atoms with van der Waals surface area (Å²) in [7, 11) is 0. The van der Waals surface area contributed by atoms with E-state index in [-0.39, 0.29) is 11.9 Å². The first kappa shape index (κ1) is 22.7. The topological polar surface area (TPSA) is 114 Å². The van der Waals surface area contributed by atoms with Gasteiger partial charge in [0.15, 0.2) is 0 Å². The molecule has 1 saturated heterocycles. The van der Waals surface area contributed by atoms with Gasteiger partial charge in [0.05, 0.1) is 11.4 Å². The maximum atomic E-state index is 12.3. The van der Waals surface area contributed by atoms with Crippen LogP contribution in [-0.4, -0.2) is 56.1 Å². The highest BCUT2D eigenvalue weighted by Gasteiger charge is 2.26. The molecule has 9 nitrogen and oxygen atoms in total. The van der Waals surface area contributed by atoms with E-state index in [9.17, 15) is 4.79 Å². The number of aryl methyl sites for hydroxylation is 1. The number of anilines is 1. The summed E-state index contributed by atoms with van der Waals surface area (Å²) in [5, 5.41) is 7.59. The minimum absolute atomic E-state index is 0.0889. The lowest BCUT2D eigenvalue weighted by Crippen LogP contribution is -2.39. The van der Waals surface area contributed by atoms with E-state index < -0.39 is 0 Å². The third-order valence-corrected chi connectivity index (χ3v) is 6.06. The molecule has 31 heavy (non-hydrogen) atoms. The summed E-state index contributed by atoms with van der Waals surface area (Å²) < 4.78 is 1.72. The Kier molecular flexibility index (Phi) is 7.59. The molecule has 0 aliphatic carbocycles. The molecule has 168 valence electrons. The van der Waals surface area contributed by atoms with E-state index >= 15 is 0 Å². The molecule has 3 heterocycles. The van der Waals surface area contributed by atoms with E-state index in [4.69, 9.17) is 5.73 Å². The normalized spacial score (nSPS) is 16.5. The maximum Gasteiger partial charge on any atom is 0.345 e. The number of aliphatic imine (C=N–C) groups is 1. The molecule has 1 fully saturated rings. The van der Waals surface area contributed by atoms with Gasteiger partial charge in [-0.05, 0) is 50.2 Å². The molecule has 2 aromatic heterocycles. The first-order valence-electron chi connectivity index (χ1n) is 11.0. The predicted octanol–water partition coefficient (Wildman–Crippen LogP) is 3.25. The summed E-state index contributed by atoms with van der Waals surface area (Å²) in [6, 6.07) is 3.78. The number of hydrogen-bond donors (Lipinski definition) is 2. The quantitative estimate of drug-likeness (QED) is 0.519. The number of rotatable bonds is 7. The number of carbonyl (C=O) groups is 1. The van der Waals surface area contributed by atoms with Crippen LogP contribution in [0.3, 0.4) is 0 Å². The van der Waals surface area contributed by atoms with Crippen molar-refractivity contribution in [1.29, 1.82) is 0 Å². The predicted molar refractivity (Wildman–Crippen MR) is 122 cm³/mol. The molecule has 1 atom stereocenters. The van der Waals surface area contributed by atoms with Crippen LogP contribution >= 0.6 is 0 Å². The molecule has 3 rings (SSSR count). The SMILES string of the molecule is Cc1nc(NCCC(C)C2CCN(C(=O)N=C(N)C(C)C)CC2)ccc1-n1cncn1. The van der Waals surface area contributed by atoms with Crippen molar-refractivity contribution in [2.24, 2.45) is 28.5 Å². The van der Waals surface area contributed by atoms with Crippen LogP contribution < -0.4 is 11.1 Å². The molecular weight excluding hydrogens is 392 g/mol. The number of piperidine rings is 1. The van der Waals surface area contributed by atoms with E-state index in [1.54, 1.807) is 11.0 Å². The number of amides is 2. The number of nitrogens with one attached hydrogen (secondary N) is 1. The Balaban J connectivity index is 1.43. The smallest absolute Gasteiger partial charge is 0.345 e. The lowest BCUT2D eigenvalue weighted by molar-refractivity contribution is 0.158. The number of likely N-dealkylation sites (tertiary alicyclic amines) is 1. The van der Waals surface area contributed by atoms with Gasteiger partial charge in [-0.3, -0.25) is 0 Å². The Morgan fingerprint density at radius 3 is 2.65 bits per heavy atom. The average Bonchev–Trinajstić information content (AvgIpc) is 3.28. The summed E-state index contributed by atoms with van der Waals surface area (Å²) in [4.78, 5) is 26.8. The molecule has 0 saturated carbocycles. The number of carbonyl (C=O) groups excluding carboxylic acids is 1. The van der Waals surface area contributed by atoms with Crippen molar-refractivity contribution in [3.63, 3.8) is 0 Å². The van der Waals surface area contributed by atoms with Crippen molar-refractivity contribution in [1.82, 2.24) is 24.6 Å². The van der Waals surface area contributed by atoms with Crippen molar-refractivity contribution in [2.75, 3.05) is 25.0 Å². The zero-order valence-electron chi connectivity index (χ0n) is 19.0. The minimum Gasteiger partial charge on any atom is -0.387 e. The maximum absolute atomic E-state index is 12.3. The molecular formula is C22H34N8O. The second-order valence-corrected chi connectivity index (χ2v) is 8.63.